The van der Waals surface area contributed by atoms with Gasteiger partial charge in [-0.1, -0.05) is 41.0 Å². The van der Waals surface area contributed by atoms with Crippen LogP contribution < -0.4 is 0 Å². The van der Waals surface area contributed by atoms with Gasteiger partial charge in [0.25, 0.3) is 0 Å². The van der Waals surface area contributed by atoms with Gasteiger partial charge in [0.05, 0.1) is 0 Å². The van der Waals surface area contributed by atoms with Crippen LogP contribution >= 0.6 is 0 Å². The third kappa shape index (κ3) is 2.16. The zero-order valence-electron chi connectivity index (χ0n) is 10.9. The van der Waals surface area contributed by atoms with E-state index in [1.54, 1.807) is 0 Å². The van der Waals surface area contributed by atoms with Crippen molar-refractivity contribution < 1.29 is 0 Å². The first-order valence-electron chi connectivity index (χ1n) is 6.82. The smallest absolute Gasteiger partial charge is 0.00985 e. The fourth-order valence-electron chi connectivity index (χ4n) is 3.81. The third-order valence-electron chi connectivity index (χ3n) is 5.70. The van der Waals surface area contributed by atoms with Gasteiger partial charge in [0.1, 0.15) is 0 Å². The number of nitrogens with zero attached hydrogens (tertiary/aromatic N) is 1. The molecule has 0 N–H and O–H groups in total. The molecule has 0 aliphatic carbocycles. The Morgan fingerprint density at radius 2 is 1.50 bits per heavy atom. The van der Waals surface area contributed by atoms with Crippen LogP contribution in [0.5, 0.6) is 0 Å². The van der Waals surface area contributed by atoms with Crippen molar-refractivity contribution in [2.75, 3.05) is 7.05 Å². The van der Waals surface area contributed by atoms with Gasteiger partial charge in [-0.05, 0) is 44.1 Å². The molecule has 96 valence electrons. The van der Waals surface area contributed by atoms with Gasteiger partial charge >= 0.3 is 0 Å². The van der Waals surface area contributed by atoms with Crippen molar-refractivity contribution >= 4 is 0 Å². The summed E-state index contributed by atoms with van der Waals surface area (Å²) in [6.07, 6.45) is 8.56. The van der Waals surface area contributed by atoms with Crippen molar-refractivity contribution in [3.8, 4) is 0 Å². The summed E-state index contributed by atoms with van der Waals surface area (Å²) >= 11 is 0. The van der Waals surface area contributed by atoms with Gasteiger partial charge < -0.3 is 4.90 Å². The number of hydrogen-bond acceptors (Lipinski definition) is 1. The van der Waals surface area contributed by atoms with Gasteiger partial charge in [0.2, 0.25) is 0 Å². The van der Waals surface area contributed by atoms with Gasteiger partial charge in [-0.3, -0.25) is 0 Å². The van der Waals surface area contributed by atoms with Crippen molar-refractivity contribution in [2.45, 2.75) is 78.8 Å². The van der Waals surface area contributed by atoms with E-state index >= 15 is 0 Å². The van der Waals surface area contributed by atoms with E-state index in [4.69, 9.17) is 0 Å². The molecule has 0 aromatic rings. The fourth-order valence-corrected chi connectivity index (χ4v) is 3.81. The molecule has 0 radical (unpaired) electrons. The lowest BCUT2D eigenvalue weighted by atomic mass is 9.67. The topological polar surface area (TPSA) is 3.24 Å². The first kappa shape index (κ1) is 14.0. The van der Waals surface area contributed by atoms with Crippen LogP contribution in [-0.2, 0) is 0 Å². The summed E-state index contributed by atoms with van der Waals surface area (Å²) in [5, 5.41) is 0. The monoisotopic (exact) mass is 225 g/mol. The predicted octanol–water partition coefficient (Wildman–Crippen LogP) is 4.32. The Labute approximate surface area is 103 Å². The molecule has 2 heterocycles. The molecule has 16 heavy (non-hydrogen) atoms. The van der Waals surface area contributed by atoms with Crippen LogP contribution in [0, 0.1) is 11.3 Å². The van der Waals surface area contributed by atoms with Crippen LogP contribution in [0.3, 0.4) is 0 Å². The van der Waals surface area contributed by atoms with Gasteiger partial charge in [0, 0.05) is 12.1 Å². The summed E-state index contributed by atoms with van der Waals surface area (Å²) in [4.78, 5) is 2.66. The Kier molecular flexibility index (Phi) is 4.45. The zero-order chi connectivity index (χ0) is 11.1. The molecular formula is C15H31N. The molecule has 2 atom stereocenters. The molecule has 2 bridgehead atoms. The highest BCUT2D eigenvalue weighted by atomic mass is 15.2. The van der Waals surface area contributed by atoms with Crippen molar-refractivity contribution in [1.82, 2.24) is 4.90 Å². The maximum absolute atomic E-state index is 2.66. The molecule has 0 saturated carbocycles. The summed E-state index contributed by atoms with van der Waals surface area (Å²) in [6, 6.07) is 1.82. The number of hydrogen-bond donors (Lipinski definition) is 0. The van der Waals surface area contributed by atoms with Crippen LogP contribution in [0.15, 0.2) is 0 Å². The second kappa shape index (κ2) is 5.08. The lowest BCUT2D eigenvalue weighted by Crippen LogP contribution is -2.44. The standard InChI is InChI=1S/C14H27N.CH4/c1-5-14(3,6-2)11-9-12-7-8-13(10-11)15(12)4;/h11-13H,5-10H2,1-4H3;1H4. The van der Waals surface area contributed by atoms with Crippen molar-refractivity contribution in [1.29, 1.82) is 0 Å². The van der Waals surface area contributed by atoms with Gasteiger partial charge in [-0.25, -0.2) is 0 Å². The highest BCUT2D eigenvalue weighted by molar-refractivity contribution is 4.97. The Morgan fingerprint density at radius 3 is 1.88 bits per heavy atom. The highest BCUT2D eigenvalue weighted by Gasteiger charge is 2.43. The van der Waals surface area contributed by atoms with Crippen LogP contribution in [0.2, 0.25) is 0 Å². The lowest BCUT2D eigenvalue weighted by molar-refractivity contribution is 0.0491. The second-order valence-corrected chi connectivity index (χ2v) is 6.08. The predicted molar refractivity (Wildman–Crippen MR) is 72.7 cm³/mol. The summed E-state index contributed by atoms with van der Waals surface area (Å²) in [5.74, 6) is 0.987. The summed E-state index contributed by atoms with van der Waals surface area (Å²) in [6.45, 7) is 7.27. The van der Waals surface area contributed by atoms with Gasteiger partial charge in [-0.2, -0.15) is 0 Å². The minimum atomic E-state index is 0. The summed E-state index contributed by atoms with van der Waals surface area (Å²) in [7, 11) is 2.34. The average molecular weight is 225 g/mol. The molecule has 2 aliphatic rings. The maximum atomic E-state index is 2.66. The maximum Gasteiger partial charge on any atom is 0.00985 e. The van der Waals surface area contributed by atoms with E-state index in [1.165, 1.54) is 38.5 Å². The van der Waals surface area contributed by atoms with E-state index in [0.29, 0.717) is 5.41 Å². The van der Waals surface area contributed by atoms with E-state index in [2.05, 4.69) is 32.7 Å². The molecule has 1 heteroatoms. The van der Waals surface area contributed by atoms with Gasteiger partial charge in [-0.15, -0.1) is 0 Å². The van der Waals surface area contributed by atoms with Gasteiger partial charge in [0.15, 0.2) is 0 Å². The minimum absolute atomic E-state index is 0. The molecule has 1 nitrogen and oxygen atoms in total. The van der Waals surface area contributed by atoms with Crippen molar-refractivity contribution in [3.63, 3.8) is 0 Å². The summed E-state index contributed by atoms with van der Waals surface area (Å²) < 4.78 is 0. The molecule has 2 rings (SSSR count). The van der Waals surface area contributed by atoms with Crippen LogP contribution in [0.1, 0.15) is 66.7 Å². The van der Waals surface area contributed by atoms with E-state index in [9.17, 15) is 0 Å². The molecule has 0 aromatic carbocycles. The molecule has 2 saturated heterocycles. The molecule has 2 aliphatic heterocycles. The van der Waals surface area contributed by atoms with Crippen LogP contribution in [0.4, 0.5) is 0 Å². The highest BCUT2D eigenvalue weighted by Crippen LogP contribution is 2.47. The van der Waals surface area contributed by atoms with E-state index < -0.39 is 0 Å². The van der Waals surface area contributed by atoms with Crippen molar-refractivity contribution in [3.05, 3.63) is 0 Å². The number of rotatable bonds is 3. The third-order valence-corrected chi connectivity index (χ3v) is 5.70. The molecular weight excluding hydrogens is 194 g/mol. The van der Waals surface area contributed by atoms with E-state index in [-0.39, 0.29) is 7.43 Å². The molecule has 2 unspecified atom stereocenters. The zero-order valence-corrected chi connectivity index (χ0v) is 10.9. The number of piperidine rings is 1. The minimum Gasteiger partial charge on any atom is -0.300 e. The van der Waals surface area contributed by atoms with Crippen LogP contribution in [-0.4, -0.2) is 24.0 Å². The molecule has 2 fully saturated rings. The van der Waals surface area contributed by atoms with E-state index in [1.807, 2.05) is 0 Å². The molecule has 0 aromatic heterocycles. The summed E-state index contributed by atoms with van der Waals surface area (Å²) in [5.41, 5.74) is 0.613. The Hall–Kier alpha value is -0.0400. The largest absolute Gasteiger partial charge is 0.300 e. The first-order valence-corrected chi connectivity index (χ1v) is 6.82. The quantitative estimate of drug-likeness (QED) is 0.691. The molecule has 0 amide bonds. The lowest BCUT2D eigenvalue weighted by Gasteiger charge is -2.45. The average Bonchev–Trinajstić information content (AvgIpc) is 2.51. The Balaban J connectivity index is 0.00000128. The first-order chi connectivity index (χ1) is 7.10. The van der Waals surface area contributed by atoms with E-state index in [0.717, 1.165) is 18.0 Å². The van der Waals surface area contributed by atoms with Crippen molar-refractivity contribution in [2.24, 2.45) is 11.3 Å². The second-order valence-electron chi connectivity index (χ2n) is 6.08. The Morgan fingerprint density at radius 1 is 1.06 bits per heavy atom. The number of fused-ring (bicyclic) bond motifs is 2. The Bertz CT molecular complexity index is 205. The van der Waals surface area contributed by atoms with Crippen LogP contribution in [0.25, 0.3) is 0 Å². The molecule has 0 spiro atoms. The fraction of sp³-hybridized carbons (Fsp3) is 1.00. The normalized spacial score (nSPS) is 34.9. The SMILES string of the molecule is C.CCC(C)(CC)C1CC2CCC(C1)N2C.